The van der Waals surface area contributed by atoms with Crippen LogP contribution in [0.1, 0.15) is 19.7 Å². The summed E-state index contributed by atoms with van der Waals surface area (Å²) in [6, 6.07) is 10.6. The molecule has 3 rings (SSSR count). The molecule has 0 aliphatic carbocycles. The number of nitrogens with one attached hydrogen (secondary N) is 1. The molecule has 0 spiro atoms. The molecule has 0 aliphatic heterocycles. The average Bonchev–Trinajstić information content (AvgIpc) is 3.09. The Hall–Kier alpha value is -1.65. The number of hydrogen-bond donors (Lipinski definition) is 1. The summed E-state index contributed by atoms with van der Waals surface area (Å²) >= 11 is 1.75. The number of hydrogen-bond acceptors (Lipinski definition) is 4. The lowest BCUT2D eigenvalue weighted by Crippen LogP contribution is -2.22. The first-order chi connectivity index (χ1) is 10.2. The van der Waals surface area contributed by atoms with Gasteiger partial charge in [-0.15, -0.1) is 11.3 Å². The van der Waals surface area contributed by atoms with Gasteiger partial charge in [-0.2, -0.15) is 0 Å². The summed E-state index contributed by atoms with van der Waals surface area (Å²) in [5.41, 5.74) is 0. The van der Waals surface area contributed by atoms with Crippen molar-refractivity contribution < 1.29 is 4.42 Å². The van der Waals surface area contributed by atoms with Crippen molar-refractivity contribution in [2.75, 3.05) is 13.1 Å². The molecule has 1 aromatic carbocycles. The third-order valence-corrected chi connectivity index (χ3v) is 4.42. The fourth-order valence-corrected chi connectivity index (χ4v) is 3.24. The van der Waals surface area contributed by atoms with E-state index < -0.39 is 0 Å². The van der Waals surface area contributed by atoms with Gasteiger partial charge in [-0.1, -0.05) is 32.0 Å². The van der Waals surface area contributed by atoms with Gasteiger partial charge in [0, 0.05) is 17.7 Å². The van der Waals surface area contributed by atoms with Crippen LogP contribution in [-0.4, -0.2) is 18.1 Å². The van der Waals surface area contributed by atoms with E-state index in [1.54, 1.807) is 11.3 Å². The molecular formula is C17H20N2OS. The van der Waals surface area contributed by atoms with E-state index in [4.69, 9.17) is 4.42 Å². The van der Waals surface area contributed by atoms with Crippen molar-refractivity contribution in [1.82, 2.24) is 10.3 Å². The number of benzene rings is 1. The SMILES string of the molecule is CC(C)CNCCc1ncc(-c2cc3ccccc3s2)o1. The summed E-state index contributed by atoms with van der Waals surface area (Å²) in [5, 5.41) is 4.66. The van der Waals surface area contributed by atoms with E-state index in [0.29, 0.717) is 5.92 Å². The number of thiophene rings is 1. The molecule has 0 amide bonds. The topological polar surface area (TPSA) is 38.1 Å². The Morgan fingerprint density at radius 2 is 2.14 bits per heavy atom. The molecule has 0 bridgehead atoms. The Balaban J connectivity index is 1.66. The highest BCUT2D eigenvalue weighted by Gasteiger charge is 2.09. The number of fused-ring (bicyclic) bond motifs is 1. The van der Waals surface area contributed by atoms with Crippen LogP contribution in [0, 0.1) is 5.92 Å². The summed E-state index contributed by atoms with van der Waals surface area (Å²) in [5.74, 6) is 2.34. The van der Waals surface area contributed by atoms with Gasteiger partial charge in [0.25, 0.3) is 0 Å². The minimum Gasteiger partial charge on any atom is -0.440 e. The Morgan fingerprint density at radius 1 is 1.29 bits per heavy atom. The van der Waals surface area contributed by atoms with Gasteiger partial charge in [0.15, 0.2) is 11.7 Å². The number of nitrogens with zero attached hydrogens (tertiary/aromatic N) is 1. The molecule has 0 radical (unpaired) electrons. The van der Waals surface area contributed by atoms with Crippen molar-refractivity contribution in [3.63, 3.8) is 0 Å². The van der Waals surface area contributed by atoms with Crippen LogP contribution in [0.5, 0.6) is 0 Å². The van der Waals surface area contributed by atoms with Gasteiger partial charge in [-0.3, -0.25) is 0 Å². The number of rotatable bonds is 6. The van der Waals surface area contributed by atoms with Crippen molar-refractivity contribution >= 4 is 21.4 Å². The minimum atomic E-state index is 0.670. The second kappa shape index (κ2) is 6.41. The Labute approximate surface area is 129 Å². The molecule has 4 heteroatoms. The largest absolute Gasteiger partial charge is 0.440 e. The monoisotopic (exact) mass is 300 g/mol. The quantitative estimate of drug-likeness (QED) is 0.688. The lowest BCUT2D eigenvalue weighted by atomic mass is 10.2. The summed E-state index contributed by atoms with van der Waals surface area (Å²) in [7, 11) is 0. The van der Waals surface area contributed by atoms with E-state index in [0.717, 1.165) is 36.0 Å². The van der Waals surface area contributed by atoms with E-state index >= 15 is 0 Å². The third-order valence-electron chi connectivity index (χ3n) is 3.29. The Morgan fingerprint density at radius 3 is 2.95 bits per heavy atom. The summed E-state index contributed by atoms with van der Waals surface area (Å²) in [4.78, 5) is 5.52. The van der Waals surface area contributed by atoms with Gasteiger partial charge in [-0.05, 0) is 30.0 Å². The van der Waals surface area contributed by atoms with Gasteiger partial charge < -0.3 is 9.73 Å². The van der Waals surface area contributed by atoms with Crippen LogP contribution >= 0.6 is 11.3 Å². The first-order valence-corrected chi connectivity index (χ1v) is 8.18. The average molecular weight is 300 g/mol. The van der Waals surface area contributed by atoms with Gasteiger partial charge >= 0.3 is 0 Å². The molecule has 2 heterocycles. The molecule has 0 saturated heterocycles. The molecule has 21 heavy (non-hydrogen) atoms. The molecular weight excluding hydrogens is 280 g/mol. The zero-order chi connectivity index (χ0) is 14.7. The molecule has 3 nitrogen and oxygen atoms in total. The highest BCUT2D eigenvalue weighted by atomic mass is 32.1. The predicted octanol–water partition coefficient (Wildman–Crippen LogP) is 4.34. The molecule has 0 fully saturated rings. The van der Waals surface area contributed by atoms with Gasteiger partial charge in [0.2, 0.25) is 0 Å². The van der Waals surface area contributed by atoms with Crippen molar-refractivity contribution in [2.45, 2.75) is 20.3 Å². The lowest BCUT2D eigenvalue weighted by Gasteiger charge is -2.05. The smallest absolute Gasteiger partial charge is 0.196 e. The van der Waals surface area contributed by atoms with E-state index in [-0.39, 0.29) is 0 Å². The molecule has 3 aromatic rings. The molecule has 110 valence electrons. The van der Waals surface area contributed by atoms with E-state index in [1.165, 1.54) is 10.1 Å². The minimum absolute atomic E-state index is 0.670. The maximum absolute atomic E-state index is 5.87. The van der Waals surface area contributed by atoms with Gasteiger partial charge in [0.1, 0.15) is 0 Å². The second-order valence-electron chi connectivity index (χ2n) is 5.61. The first-order valence-electron chi connectivity index (χ1n) is 7.37. The lowest BCUT2D eigenvalue weighted by molar-refractivity contribution is 0.483. The third kappa shape index (κ3) is 3.52. The molecule has 2 aromatic heterocycles. The van der Waals surface area contributed by atoms with Crippen molar-refractivity contribution in [3.8, 4) is 10.6 Å². The van der Waals surface area contributed by atoms with Crippen LogP contribution in [0.25, 0.3) is 20.7 Å². The molecule has 1 N–H and O–H groups in total. The Kier molecular flexibility index (Phi) is 4.36. The fraction of sp³-hybridized carbons (Fsp3) is 0.353. The van der Waals surface area contributed by atoms with E-state index in [2.05, 4.69) is 54.5 Å². The normalized spacial score (nSPS) is 11.6. The summed E-state index contributed by atoms with van der Waals surface area (Å²) < 4.78 is 7.15. The highest BCUT2D eigenvalue weighted by molar-refractivity contribution is 7.22. The predicted molar refractivity (Wildman–Crippen MR) is 88.7 cm³/mol. The molecule has 0 atom stereocenters. The van der Waals surface area contributed by atoms with Gasteiger partial charge in [-0.25, -0.2) is 4.98 Å². The first kappa shape index (κ1) is 14.3. The van der Waals surface area contributed by atoms with E-state index in [9.17, 15) is 0 Å². The van der Waals surface area contributed by atoms with Gasteiger partial charge in [0.05, 0.1) is 11.1 Å². The van der Waals surface area contributed by atoms with Crippen LogP contribution in [-0.2, 0) is 6.42 Å². The van der Waals surface area contributed by atoms with Crippen molar-refractivity contribution in [2.24, 2.45) is 5.92 Å². The van der Waals surface area contributed by atoms with Crippen LogP contribution in [0.3, 0.4) is 0 Å². The van der Waals surface area contributed by atoms with Crippen molar-refractivity contribution in [1.29, 1.82) is 0 Å². The standard InChI is InChI=1S/C17H20N2OS/c1-12(2)10-18-8-7-17-19-11-14(20-17)16-9-13-5-3-4-6-15(13)21-16/h3-6,9,11-12,18H,7-8,10H2,1-2H3. The second-order valence-corrected chi connectivity index (χ2v) is 6.70. The molecule has 0 aliphatic rings. The zero-order valence-electron chi connectivity index (χ0n) is 12.4. The van der Waals surface area contributed by atoms with Crippen LogP contribution < -0.4 is 5.32 Å². The highest BCUT2D eigenvalue weighted by Crippen LogP contribution is 2.33. The molecule has 0 unspecified atom stereocenters. The van der Waals surface area contributed by atoms with Crippen LogP contribution in [0.2, 0.25) is 0 Å². The van der Waals surface area contributed by atoms with Crippen molar-refractivity contribution in [3.05, 3.63) is 42.4 Å². The summed E-state index contributed by atoms with van der Waals surface area (Å²) in [6.07, 6.45) is 2.67. The van der Waals surface area contributed by atoms with E-state index in [1.807, 2.05) is 6.20 Å². The van der Waals surface area contributed by atoms with Crippen LogP contribution in [0.15, 0.2) is 40.9 Å². The maximum atomic E-state index is 5.87. The Bertz CT molecular complexity index is 681. The summed E-state index contributed by atoms with van der Waals surface area (Å²) in [6.45, 7) is 6.35. The number of aromatic nitrogens is 1. The maximum Gasteiger partial charge on any atom is 0.196 e. The molecule has 0 saturated carbocycles. The number of oxazole rings is 1. The fourth-order valence-electron chi connectivity index (χ4n) is 2.23. The van der Waals surface area contributed by atoms with Crippen LogP contribution in [0.4, 0.5) is 0 Å². The zero-order valence-corrected chi connectivity index (χ0v) is 13.2.